The molecule has 0 spiro atoms. The fraction of sp³-hybridized carbons (Fsp3) is 0.364. The van der Waals surface area contributed by atoms with E-state index in [1.165, 1.54) is 16.6 Å². The van der Waals surface area contributed by atoms with Crippen molar-refractivity contribution in [3.8, 4) is 0 Å². The Bertz CT molecular complexity index is 434. The van der Waals surface area contributed by atoms with Crippen LogP contribution in [-0.2, 0) is 20.1 Å². The number of rotatable bonds is 8. The second-order valence-electron chi connectivity index (χ2n) is 3.52. The Labute approximate surface area is 118 Å². The summed E-state index contributed by atoms with van der Waals surface area (Å²) in [6, 6.07) is 3.95. The van der Waals surface area contributed by atoms with Crippen molar-refractivity contribution in [3.63, 3.8) is 0 Å². The van der Waals surface area contributed by atoms with Gasteiger partial charge in [-0.2, -0.15) is 0 Å². The highest BCUT2D eigenvalue weighted by atomic mass is 32.2. The fourth-order valence-corrected chi connectivity index (χ4v) is 2.80. The number of carboxylic acid groups (broad SMARTS) is 1. The standard InChI is InChI=1S/C11H14N2O4S2/c14-9(13-5-11(16)17)4-12-10(15)7-18-6-8-2-1-3-19-8/h1-3H,4-7H2,(H,12,15)(H,13,14)(H,16,17). The first-order chi connectivity index (χ1) is 9.08. The Morgan fingerprint density at radius 2 is 1.95 bits per heavy atom. The van der Waals surface area contributed by atoms with Crippen LogP contribution in [0.1, 0.15) is 4.88 Å². The van der Waals surface area contributed by atoms with Crippen LogP contribution in [0.2, 0.25) is 0 Å². The monoisotopic (exact) mass is 302 g/mol. The molecular weight excluding hydrogens is 288 g/mol. The highest BCUT2D eigenvalue weighted by molar-refractivity contribution is 7.99. The van der Waals surface area contributed by atoms with Gasteiger partial charge in [0.1, 0.15) is 6.54 Å². The summed E-state index contributed by atoms with van der Waals surface area (Å²) in [5.74, 6) is -0.849. The summed E-state index contributed by atoms with van der Waals surface area (Å²) in [6.45, 7) is -0.645. The molecule has 0 aliphatic carbocycles. The highest BCUT2D eigenvalue weighted by Crippen LogP contribution is 2.16. The molecule has 104 valence electrons. The van der Waals surface area contributed by atoms with Crippen LogP contribution in [0.3, 0.4) is 0 Å². The van der Waals surface area contributed by atoms with Crippen LogP contribution < -0.4 is 10.6 Å². The maximum absolute atomic E-state index is 11.4. The number of amides is 2. The maximum Gasteiger partial charge on any atom is 0.322 e. The molecule has 0 radical (unpaired) electrons. The summed E-state index contributed by atoms with van der Waals surface area (Å²) < 4.78 is 0. The average molecular weight is 302 g/mol. The van der Waals surface area contributed by atoms with E-state index in [-0.39, 0.29) is 18.2 Å². The first-order valence-corrected chi connectivity index (χ1v) is 7.46. The van der Waals surface area contributed by atoms with Crippen molar-refractivity contribution in [1.29, 1.82) is 0 Å². The summed E-state index contributed by atoms with van der Waals surface area (Å²) in [5, 5.41) is 14.9. The van der Waals surface area contributed by atoms with Crippen LogP contribution in [-0.4, -0.2) is 41.7 Å². The second-order valence-corrected chi connectivity index (χ2v) is 5.54. The largest absolute Gasteiger partial charge is 0.480 e. The quantitative estimate of drug-likeness (QED) is 0.642. The number of hydrogen-bond acceptors (Lipinski definition) is 5. The Hall–Kier alpha value is -1.54. The van der Waals surface area contributed by atoms with Gasteiger partial charge in [0.05, 0.1) is 12.3 Å². The van der Waals surface area contributed by atoms with E-state index in [1.807, 2.05) is 17.5 Å². The number of carbonyl (C=O) groups excluding carboxylic acids is 2. The number of carboxylic acids is 1. The molecule has 0 atom stereocenters. The molecule has 1 rings (SSSR count). The highest BCUT2D eigenvalue weighted by Gasteiger charge is 2.07. The van der Waals surface area contributed by atoms with E-state index >= 15 is 0 Å². The molecule has 0 aliphatic rings. The first kappa shape index (κ1) is 15.5. The van der Waals surface area contributed by atoms with Crippen LogP contribution in [0.4, 0.5) is 0 Å². The first-order valence-electron chi connectivity index (χ1n) is 5.43. The predicted molar refractivity (Wildman–Crippen MR) is 74.1 cm³/mol. The lowest BCUT2D eigenvalue weighted by Crippen LogP contribution is -2.39. The Morgan fingerprint density at radius 3 is 2.58 bits per heavy atom. The van der Waals surface area contributed by atoms with Crippen LogP contribution in [0.5, 0.6) is 0 Å². The molecular formula is C11H14N2O4S2. The summed E-state index contributed by atoms with van der Waals surface area (Å²) in [5.41, 5.74) is 0. The normalized spacial score (nSPS) is 9.89. The minimum absolute atomic E-state index is 0.203. The van der Waals surface area contributed by atoms with Gasteiger partial charge in [0.15, 0.2) is 0 Å². The Kier molecular flexibility index (Phi) is 6.98. The van der Waals surface area contributed by atoms with Gasteiger partial charge in [0.2, 0.25) is 11.8 Å². The molecule has 1 aromatic heterocycles. The number of thioether (sulfide) groups is 1. The number of thiophene rings is 1. The van der Waals surface area contributed by atoms with E-state index in [0.29, 0.717) is 0 Å². The van der Waals surface area contributed by atoms with Gasteiger partial charge in [-0.25, -0.2) is 0 Å². The molecule has 0 fully saturated rings. The SMILES string of the molecule is O=C(O)CNC(=O)CNC(=O)CSCc1cccs1. The zero-order valence-electron chi connectivity index (χ0n) is 10.0. The number of carbonyl (C=O) groups is 3. The van der Waals surface area contributed by atoms with Gasteiger partial charge in [-0.15, -0.1) is 23.1 Å². The van der Waals surface area contributed by atoms with Crippen molar-refractivity contribution in [1.82, 2.24) is 10.6 Å². The lowest BCUT2D eigenvalue weighted by molar-refractivity contribution is -0.137. The van der Waals surface area contributed by atoms with Gasteiger partial charge in [-0.05, 0) is 11.4 Å². The number of aliphatic carboxylic acids is 1. The van der Waals surface area contributed by atoms with Crippen LogP contribution >= 0.6 is 23.1 Å². The zero-order chi connectivity index (χ0) is 14.1. The third kappa shape index (κ3) is 7.47. The van der Waals surface area contributed by atoms with Crippen molar-refractivity contribution in [2.24, 2.45) is 0 Å². The molecule has 0 bridgehead atoms. The van der Waals surface area contributed by atoms with Crippen molar-refractivity contribution in [2.75, 3.05) is 18.8 Å². The van der Waals surface area contributed by atoms with Gasteiger partial charge in [0, 0.05) is 10.6 Å². The molecule has 3 N–H and O–H groups in total. The molecule has 0 saturated heterocycles. The summed E-state index contributed by atoms with van der Waals surface area (Å²) in [7, 11) is 0. The average Bonchev–Trinajstić information content (AvgIpc) is 2.87. The second kappa shape index (κ2) is 8.54. The lowest BCUT2D eigenvalue weighted by atomic mass is 10.5. The van der Waals surface area contributed by atoms with Crippen LogP contribution in [0.15, 0.2) is 17.5 Å². The Balaban J connectivity index is 2.07. The van der Waals surface area contributed by atoms with E-state index in [9.17, 15) is 14.4 Å². The molecule has 8 heteroatoms. The van der Waals surface area contributed by atoms with Crippen molar-refractivity contribution >= 4 is 40.9 Å². The fourth-order valence-electron chi connectivity index (χ4n) is 1.11. The van der Waals surface area contributed by atoms with Crippen LogP contribution in [0.25, 0.3) is 0 Å². The molecule has 0 unspecified atom stereocenters. The summed E-state index contributed by atoms with van der Waals surface area (Å²) >= 11 is 3.09. The minimum atomic E-state index is -1.12. The predicted octanol–water partition coefficient (Wildman–Crippen LogP) is 0.298. The number of hydrogen-bond donors (Lipinski definition) is 3. The molecule has 6 nitrogen and oxygen atoms in total. The van der Waals surface area contributed by atoms with Crippen molar-refractivity contribution in [2.45, 2.75) is 5.75 Å². The molecule has 0 aromatic carbocycles. The summed E-state index contributed by atoms with van der Waals surface area (Å²) in [6.07, 6.45) is 0. The van der Waals surface area contributed by atoms with Crippen LogP contribution in [0, 0.1) is 0 Å². The van der Waals surface area contributed by atoms with E-state index in [0.717, 1.165) is 5.75 Å². The molecule has 0 aliphatic heterocycles. The van der Waals surface area contributed by atoms with Gasteiger partial charge in [-0.1, -0.05) is 6.07 Å². The van der Waals surface area contributed by atoms with Gasteiger partial charge in [0.25, 0.3) is 0 Å². The number of nitrogens with one attached hydrogen (secondary N) is 2. The molecule has 0 saturated carbocycles. The van der Waals surface area contributed by atoms with E-state index in [1.54, 1.807) is 11.3 Å². The Morgan fingerprint density at radius 1 is 1.21 bits per heavy atom. The smallest absolute Gasteiger partial charge is 0.322 e. The topological polar surface area (TPSA) is 95.5 Å². The van der Waals surface area contributed by atoms with Crippen molar-refractivity contribution in [3.05, 3.63) is 22.4 Å². The lowest BCUT2D eigenvalue weighted by Gasteiger charge is -2.05. The molecule has 19 heavy (non-hydrogen) atoms. The maximum atomic E-state index is 11.4. The zero-order valence-corrected chi connectivity index (χ0v) is 11.7. The third-order valence-corrected chi connectivity index (χ3v) is 3.98. The van der Waals surface area contributed by atoms with E-state index in [2.05, 4.69) is 10.6 Å². The molecule has 1 aromatic rings. The van der Waals surface area contributed by atoms with Crippen molar-refractivity contribution < 1.29 is 19.5 Å². The van der Waals surface area contributed by atoms with E-state index < -0.39 is 18.4 Å². The molecule has 1 heterocycles. The minimum Gasteiger partial charge on any atom is -0.480 e. The van der Waals surface area contributed by atoms with Gasteiger partial charge >= 0.3 is 5.97 Å². The van der Waals surface area contributed by atoms with Gasteiger partial charge in [-0.3, -0.25) is 14.4 Å². The molecule has 2 amide bonds. The summed E-state index contributed by atoms with van der Waals surface area (Å²) in [4.78, 5) is 33.9. The van der Waals surface area contributed by atoms with Gasteiger partial charge < -0.3 is 15.7 Å². The third-order valence-electron chi connectivity index (χ3n) is 1.94. The van der Waals surface area contributed by atoms with E-state index in [4.69, 9.17) is 5.11 Å².